The lowest BCUT2D eigenvalue weighted by molar-refractivity contribution is -0.149. The van der Waals surface area contributed by atoms with Crippen LogP contribution in [0.4, 0.5) is 0 Å². The Hall–Kier alpha value is -1.89. The molecular weight excluding hydrogens is 424 g/mol. The van der Waals surface area contributed by atoms with Crippen LogP contribution in [0.3, 0.4) is 0 Å². The van der Waals surface area contributed by atoms with Crippen LogP contribution in [0.15, 0.2) is 54.6 Å². The zero-order valence-corrected chi connectivity index (χ0v) is 19.4. The van der Waals surface area contributed by atoms with E-state index >= 15 is 0 Å². The number of thioether (sulfide) groups is 2. The van der Waals surface area contributed by atoms with E-state index in [4.69, 9.17) is 4.74 Å². The zero-order valence-electron chi connectivity index (χ0n) is 17.8. The van der Waals surface area contributed by atoms with Gasteiger partial charge < -0.3 is 9.72 Å². The van der Waals surface area contributed by atoms with E-state index in [1.807, 2.05) is 6.07 Å². The smallest absolute Gasteiger partial charge is 0.323 e. The van der Waals surface area contributed by atoms with Crippen LogP contribution in [0, 0.1) is 0 Å². The maximum Gasteiger partial charge on any atom is 0.323 e. The molecule has 1 aromatic heterocycles. The molecule has 5 rings (SSSR count). The van der Waals surface area contributed by atoms with E-state index in [1.54, 1.807) is 0 Å². The zero-order chi connectivity index (χ0) is 21.2. The van der Waals surface area contributed by atoms with Crippen molar-refractivity contribution in [2.24, 2.45) is 0 Å². The fraction of sp³-hybridized carbons (Fsp3) is 0.400. The number of methoxy groups -OCH3 is 1. The first-order chi connectivity index (χ1) is 15.2. The minimum Gasteiger partial charge on any atom is -0.468 e. The number of hydrogen-bond acceptors (Lipinski definition) is 5. The van der Waals surface area contributed by atoms with Gasteiger partial charge in [0, 0.05) is 29.6 Å². The summed E-state index contributed by atoms with van der Waals surface area (Å²) in [5, 5.41) is 1.24. The lowest BCUT2D eigenvalue weighted by Crippen LogP contribution is -2.48. The van der Waals surface area contributed by atoms with Gasteiger partial charge in [0.2, 0.25) is 0 Å². The van der Waals surface area contributed by atoms with Crippen molar-refractivity contribution in [3.8, 4) is 0 Å². The number of esters is 1. The highest BCUT2D eigenvalue weighted by molar-refractivity contribution is 8.17. The van der Waals surface area contributed by atoms with Crippen LogP contribution in [-0.2, 0) is 22.5 Å². The molecule has 0 aliphatic carbocycles. The standard InChI is InChI=1S/C25H28N2O2S2/c1-29-25(28)22-14-19-18-10-5-6-11-20(18)26-24(19)21(15-23-30-12-7-13-31-23)27(22)16-17-8-3-2-4-9-17/h2-6,8-11,21-23,26H,7,12-16H2,1H3/t21-,22-/m0/s1. The minimum atomic E-state index is -0.277. The number of nitrogens with one attached hydrogen (secondary N) is 1. The second kappa shape index (κ2) is 9.31. The largest absolute Gasteiger partial charge is 0.468 e. The van der Waals surface area contributed by atoms with E-state index in [9.17, 15) is 4.79 Å². The fourth-order valence-electron chi connectivity index (χ4n) is 4.90. The third-order valence-electron chi connectivity index (χ3n) is 6.37. The average Bonchev–Trinajstić information content (AvgIpc) is 3.20. The van der Waals surface area contributed by atoms with Gasteiger partial charge in [-0.05, 0) is 41.5 Å². The Balaban J connectivity index is 1.59. The summed E-state index contributed by atoms with van der Waals surface area (Å²) in [7, 11) is 1.51. The van der Waals surface area contributed by atoms with Gasteiger partial charge in [-0.15, -0.1) is 23.5 Å². The summed E-state index contributed by atoms with van der Waals surface area (Å²) < 4.78 is 5.85. The molecule has 6 heteroatoms. The van der Waals surface area contributed by atoms with E-state index in [0.29, 0.717) is 11.0 Å². The summed E-state index contributed by atoms with van der Waals surface area (Å²) in [5.74, 6) is 2.31. The first kappa shape index (κ1) is 21.0. The van der Waals surface area contributed by atoms with Crippen molar-refractivity contribution < 1.29 is 9.53 Å². The summed E-state index contributed by atoms with van der Waals surface area (Å²) in [4.78, 5) is 19.1. The van der Waals surface area contributed by atoms with Crippen molar-refractivity contribution in [1.82, 2.24) is 9.88 Å². The van der Waals surface area contributed by atoms with Crippen molar-refractivity contribution in [2.75, 3.05) is 18.6 Å². The van der Waals surface area contributed by atoms with Gasteiger partial charge in [0.15, 0.2) is 0 Å². The second-order valence-electron chi connectivity index (χ2n) is 8.24. The summed E-state index contributed by atoms with van der Waals surface area (Å²) in [6.45, 7) is 0.738. The van der Waals surface area contributed by atoms with Gasteiger partial charge in [-0.3, -0.25) is 9.69 Å². The number of aromatic amines is 1. The number of ether oxygens (including phenoxy) is 1. The van der Waals surface area contributed by atoms with Gasteiger partial charge in [-0.1, -0.05) is 48.5 Å². The van der Waals surface area contributed by atoms with Crippen molar-refractivity contribution in [3.63, 3.8) is 0 Å². The highest BCUT2D eigenvalue weighted by atomic mass is 32.2. The number of H-pyrrole nitrogens is 1. The highest BCUT2D eigenvalue weighted by Crippen LogP contribution is 2.45. The third-order valence-corrected chi connectivity index (χ3v) is 9.36. The van der Waals surface area contributed by atoms with Crippen LogP contribution >= 0.6 is 23.5 Å². The Labute approximate surface area is 192 Å². The van der Waals surface area contributed by atoms with Crippen LogP contribution in [0.1, 0.15) is 35.7 Å². The first-order valence-electron chi connectivity index (χ1n) is 10.9. The number of para-hydroxylation sites is 1. The summed E-state index contributed by atoms with van der Waals surface area (Å²) in [6, 6.07) is 18.8. The molecule has 4 nitrogen and oxygen atoms in total. The molecule has 2 aromatic carbocycles. The molecule has 3 heterocycles. The molecule has 0 spiro atoms. The van der Waals surface area contributed by atoms with Crippen molar-refractivity contribution in [3.05, 3.63) is 71.4 Å². The number of aromatic nitrogens is 1. The maximum atomic E-state index is 13.0. The van der Waals surface area contributed by atoms with Gasteiger partial charge >= 0.3 is 5.97 Å². The molecule has 1 saturated heterocycles. The molecule has 3 aromatic rings. The van der Waals surface area contributed by atoms with Crippen LogP contribution in [-0.4, -0.2) is 45.1 Å². The quantitative estimate of drug-likeness (QED) is 0.526. The SMILES string of the molecule is COC(=O)[C@@H]1Cc2c([nH]c3ccccc23)[C@H](CC2SCCCS2)N1Cc1ccccc1. The predicted octanol–water partition coefficient (Wildman–Crippen LogP) is 5.40. The average molecular weight is 453 g/mol. The lowest BCUT2D eigenvalue weighted by Gasteiger charge is -2.42. The molecule has 2 atom stereocenters. The van der Waals surface area contributed by atoms with Gasteiger partial charge in [-0.2, -0.15) is 0 Å². The number of carbonyl (C=O) groups excluding carboxylic acids is 1. The van der Waals surface area contributed by atoms with E-state index in [-0.39, 0.29) is 18.1 Å². The molecule has 0 radical (unpaired) electrons. The Morgan fingerprint density at radius 1 is 1.10 bits per heavy atom. The summed E-state index contributed by atoms with van der Waals surface area (Å²) in [5.41, 5.74) is 4.95. The third kappa shape index (κ3) is 4.26. The van der Waals surface area contributed by atoms with Gasteiger partial charge in [0.1, 0.15) is 6.04 Å². The predicted molar refractivity (Wildman–Crippen MR) is 130 cm³/mol. The topological polar surface area (TPSA) is 45.3 Å². The van der Waals surface area contributed by atoms with E-state index < -0.39 is 0 Å². The minimum absolute atomic E-state index is 0.138. The Bertz CT molecular complexity index is 1050. The van der Waals surface area contributed by atoms with Crippen molar-refractivity contribution in [2.45, 2.75) is 42.5 Å². The maximum absolute atomic E-state index is 13.0. The number of nitrogens with zero attached hydrogens (tertiary/aromatic N) is 1. The summed E-state index contributed by atoms with van der Waals surface area (Å²) in [6.07, 6.45) is 2.99. The Kier molecular flexibility index (Phi) is 6.30. The molecule has 0 amide bonds. The lowest BCUT2D eigenvalue weighted by atomic mass is 9.89. The van der Waals surface area contributed by atoms with Gasteiger partial charge in [0.25, 0.3) is 0 Å². The molecular formula is C25H28N2O2S2. The Morgan fingerprint density at radius 2 is 1.84 bits per heavy atom. The number of benzene rings is 2. The number of hydrogen-bond donors (Lipinski definition) is 1. The molecule has 0 unspecified atom stereocenters. The van der Waals surface area contributed by atoms with Crippen LogP contribution < -0.4 is 0 Å². The Morgan fingerprint density at radius 3 is 2.61 bits per heavy atom. The molecule has 1 N–H and O–H groups in total. The van der Waals surface area contributed by atoms with Crippen LogP contribution in [0.2, 0.25) is 0 Å². The number of carbonyl (C=O) groups is 1. The van der Waals surface area contributed by atoms with Gasteiger partial charge in [0.05, 0.1) is 17.7 Å². The number of rotatable bonds is 5. The van der Waals surface area contributed by atoms with E-state index in [0.717, 1.165) is 18.5 Å². The van der Waals surface area contributed by atoms with E-state index in [2.05, 4.69) is 81.9 Å². The normalized spacial score (nSPS) is 22.4. The first-order valence-corrected chi connectivity index (χ1v) is 13.0. The summed E-state index contributed by atoms with van der Waals surface area (Å²) >= 11 is 4.14. The van der Waals surface area contributed by atoms with Crippen LogP contribution in [0.5, 0.6) is 0 Å². The van der Waals surface area contributed by atoms with Crippen molar-refractivity contribution in [1.29, 1.82) is 0 Å². The highest BCUT2D eigenvalue weighted by Gasteiger charge is 2.41. The van der Waals surface area contributed by atoms with Crippen molar-refractivity contribution >= 4 is 40.4 Å². The molecule has 31 heavy (non-hydrogen) atoms. The van der Waals surface area contributed by atoms with E-state index in [1.165, 1.54) is 47.2 Å². The monoisotopic (exact) mass is 452 g/mol. The molecule has 0 saturated carbocycles. The number of fused-ring (bicyclic) bond motifs is 3. The fourth-order valence-corrected chi connectivity index (χ4v) is 7.83. The molecule has 162 valence electrons. The second-order valence-corrected chi connectivity index (χ2v) is 11.2. The van der Waals surface area contributed by atoms with Gasteiger partial charge in [-0.25, -0.2) is 0 Å². The van der Waals surface area contributed by atoms with Crippen LogP contribution in [0.25, 0.3) is 10.9 Å². The molecule has 0 bridgehead atoms. The molecule has 1 fully saturated rings. The molecule has 2 aliphatic rings. The molecule has 2 aliphatic heterocycles.